The fraction of sp³-hybridized carbons (Fsp3) is 0.182. The van der Waals surface area contributed by atoms with Gasteiger partial charge in [-0.05, 0) is 25.8 Å². The first-order valence-corrected chi connectivity index (χ1v) is 3.75. The molecule has 0 aliphatic carbocycles. The highest BCUT2D eigenvalue weighted by Crippen LogP contribution is 2.01. The molecule has 0 N–H and O–H groups in total. The molecule has 0 saturated carbocycles. The lowest BCUT2D eigenvalue weighted by atomic mass is 10.1. The molecule has 0 fully saturated rings. The van der Waals surface area contributed by atoms with Gasteiger partial charge in [-0.15, -0.1) is 0 Å². The van der Waals surface area contributed by atoms with E-state index in [2.05, 4.69) is 12.1 Å². The highest BCUT2D eigenvalue weighted by Gasteiger charge is 1.85. The van der Waals surface area contributed by atoms with Gasteiger partial charge >= 0.3 is 0 Å². The van der Waals surface area contributed by atoms with E-state index in [0.717, 1.165) is 12.0 Å². The molecule has 0 aliphatic rings. The van der Waals surface area contributed by atoms with Gasteiger partial charge in [-0.1, -0.05) is 42.0 Å². The summed E-state index contributed by atoms with van der Waals surface area (Å²) in [6.45, 7) is 7.41. The van der Waals surface area contributed by atoms with Gasteiger partial charge in [0.25, 0.3) is 0 Å². The summed E-state index contributed by atoms with van der Waals surface area (Å²) >= 11 is 0. The standard InChI is InChI=1S/C11H12/c1-10(2)8-9-11-6-4-3-5-7-11/h1,3-8H,9H2,2H3. The Kier molecular flexibility index (Phi) is 2.91. The van der Waals surface area contributed by atoms with Crippen LogP contribution >= 0.6 is 0 Å². The quantitative estimate of drug-likeness (QED) is 0.598. The SMILES string of the molecule is [CH]C(C)=CCc1ccccc1. The smallest absolute Gasteiger partial charge is 0.00629 e. The van der Waals surface area contributed by atoms with Gasteiger partial charge in [0.05, 0.1) is 0 Å². The molecule has 0 saturated heterocycles. The van der Waals surface area contributed by atoms with Crippen LogP contribution in [0, 0.1) is 6.92 Å². The molecule has 0 atom stereocenters. The molecule has 2 radical (unpaired) electrons. The fourth-order valence-corrected chi connectivity index (χ4v) is 0.893. The maximum Gasteiger partial charge on any atom is -0.00629 e. The number of rotatable bonds is 2. The summed E-state index contributed by atoms with van der Waals surface area (Å²) < 4.78 is 0. The van der Waals surface area contributed by atoms with Crippen molar-refractivity contribution in [3.8, 4) is 0 Å². The lowest BCUT2D eigenvalue weighted by Gasteiger charge is -1.94. The van der Waals surface area contributed by atoms with Crippen LogP contribution in [0.25, 0.3) is 0 Å². The second-order valence-electron chi connectivity index (χ2n) is 2.64. The normalized spacial score (nSPS) is 11.6. The largest absolute Gasteiger partial charge is 0.0809 e. The molecule has 11 heavy (non-hydrogen) atoms. The van der Waals surface area contributed by atoms with Crippen LogP contribution in [0.5, 0.6) is 0 Å². The number of hydrogen-bond acceptors (Lipinski definition) is 0. The molecule has 0 bridgehead atoms. The van der Waals surface area contributed by atoms with E-state index in [1.165, 1.54) is 5.56 Å². The second kappa shape index (κ2) is 3.97. The molecule has 0 aliphatic heterocycles. The van der Waals surface area contributed by atoms with Gasteiger partial charge in [0.15, 0.2) is 0 Å². The topological polar surface area (TPSA) is 0 Å². The monoisotopic (exact) mass is 144 g/mol. The van der Waals surface area contributed by atoms with Crippen LogP contribution in [-0.2, 0) is 6.42 Å². The van der Waals surface area contributed by atoms with Crippen LogP contribution in [0.4, 0.5) is 0 Å². The third-order valence-electron chi connectivity index (χ3n) is 1.50. The zero-order valence-corrected chi connectivity index (χ0v) is 6.75. The molecule has 0 heterocycles. The Morgan fingerprint density at radius 3 is 2.55 bits per heavy atom. The Morgan fingerprint density at radius 2 is 2.00 bits per heavy atom. The molecule has 0 amide bonds. The Bertz CT molecular complexity index is 227. The van der Waals surface area contributed by atoms with Crippen molar-refractivity contribution in [3.05, 3.63) is 54.5 Å². The second-order valence-corrected chi connectivity index (χ2v) is 2.64. The first kappa shape index (κ1) is 8.06. The van der Waals surface area contributed by atoms with Gasteiger partial charge in [0.1, 0.15) is 0 Å². The maximum absolute atomic E-state index is 5.50. The van der Waals surface area contributed by atoms with Gasteiger partial charge < -0.3 is 0 Å². The van der Waals surface area contributed by atoms with Crippen molar-refractivity contribution >= 4 is 0 Å². The zero-order valence-electron chi connectivity index (χ0n) is 6.75. The van der Waals surface area contributed by atoms with Crippen LogP contribution in [0.1, 0.15) is 12.5 Å². The maximum atomic E-state index is 5.50. The first-order valence-electron chi connectivity index (χ1n) is 3.75. The summed E-state index contributed by atoms with van der Waals surface area (Å²) in [5.74, 6) is 0. The lowest BCUT2D eigenvalue weighted by Crippen LogP contribution is -1.79. The van der Waals surface area contributed by atoms with E-state index in [1.807, 2.05) is 31.2 Å². The van der Waals surface area contributed by atoms with E-state index in [9.17, 15) is 0 Å². The molecule has 0 heteroatoms. The van der Waals surface area contributed by atoms with Crippen LogP contribution in [0.2, 0.25) is 0 Å². The van der Waals surface area contributed by atoms with Crippen molar-refractivity contribution in [2.45, 2.75) is 13.3 Å². The number of allylic oxidation sites excluding steroid dienone is 2. The Balaban J connectivity index is 2.59. The van der Waals surface area contributed by atoms with Crippen molar-refractivity contribution in [2.24, 2.45) is 0 Å². The zero-order chi connectivity index (χ0) is 8.10. The van der Waals surface area contributed by atoms with Crippen molar-refractivity contribution in [1.82, 2.24) is 0 Å². The lowest BCUT2D eigenvalue weighted by molar-refractivity contribution is 1.24. The van der Waals surface area contributed by atoms with Crippen molar-refractivity contribution in [3.63, 3.8) is 0 Å². The van der Waals surface area contributed by atoms with Crippen LogP contribution in [0.15, 0.2) is 42.0 Å². The number of benzene rings is 1. The van der Waals surface area contributed by atoms with Crippen LogP contribution in [-0.4, -0.2) is 0 Å². The van der Waals surface area contributed by atoms with Crippen molar-refractivity contribution in [2.75, 3.05) is 0 Å². The Hall–Kier alpha value is -1.04. The Morgan fingerprint density at radius 1 is 1.36 bits per heavy atom. The molecule has 0 aromatic heterocycles. The molecular weight excluding hydrogens is 132 g/mol. The van der Waals surface area contributed by atoms with E-state index in [1.54, 1.807) is 0 Å². The van der Waals surface area contributed by atoms with E-state index in [-0.39, 0.29) is 0 Å². The third kappa shape index (κ3) is 3.03. The average molecular weight is 144 g/mol. The minimum absolute atomic E-state index is 0.883. The molecule has 56 valence electrons. The van der Waals surface area contributed by atoms with E-state index >= 15 is 0 Å². The summed E-state index contributed by atoms with van der Waals surface area (Å²) in [6.07, 6.45) is 2.96. The third-order valence-corrected chi connectivity index (χ3v) is 1.50. The fourth-order valence-electron chi connectivity index (χ4n) is 0.893. The van der Waals surface area contributed by atoms with E-state index in [0.29, 0.717) is 0 Å². The molecule has 0 spiro atoms. The highest BCUT2D eigenvalue weighted by atomic mass is 13.9. The van der Waals surface area contributed by atoms with Gasteiger partial charge in [-0.3, -0.25) is 0 Å². The summed E-state index contributed by atoms with van der Waals surface area (Å²) in [5.41, 5.74) is 2.19. The van der Waals surface area contributed by atoms with Gasteiger partial charge in [0, 0.05) is 0 Å². The summed E-state index contributed by atoms with van der Waals surface area (Å²) in [4.78, 5) is 0. The molecule has 0 unspecified atom stereocenters. The van der Waals surface area contributed by atoms with E-state index < -0.39 is 0 Å². The van der Waals surface area contributed by atoms with Crippen molar-refractivity contribution < 1.29 is 0 Å². The van der Waals surface area contributed by atoms with Crippen molar-refractivity contribution in [1.29, 1.82) is 0 Å². The van der Waals surface area contributed by atoms with Gasteiger partial charge in [-0.2, -0.15) is 0 Å². The minimum atomic E-state index is 0.883. The molecule has 1 rings (SSSR count). The van der Waals surface area contributed by atoms with Gasteiger partial charge in [-0.25, -0.2) is 0 Å². The van der Waals surface area contributed by atoms with Gasteiger partial charge in [0.2, 0.25) is 0 Å². The summed E-state index contributed by atoms with van der Waals surface area (Å²) in [7, 11) is 0. The predicted octanol–water partition coefficient (Wildman–Crippen LogP) is 2.89. The molecular formula is C11H12. The molecule has 1 aromatic carbocycles. The summed E-state index contributed by atoms with van der Waals surface area (Å²) in [6, 6.07) is 10.3. The molecule has 0 nitrogen and oxygen atoms in total. The number of hydrogen-bond donors (Lipinski definition) is 0. The Labute approximate surface area is 68.6 Å². The minimum Gasteiger partial charge on any atom is -0.0809 e. The first-order chi connectivity index (χ1) is 5.29. The highest BCUT2D eigenvalue weighted by molar-refractivity contribution is 5.19. The van der Waals surface area contributed by atoms with Crippen LogP contribution in [0.3, 0.4) is 0 Å². The van der Waals surface area contributed by atoms with E-state index in [4.69, 9.17) is 6.92 Å². The predicted molar refractivity (Wildman–Crippen MR) is 48.2 cm³/mol. The summed E-state index contributed by atoms with van der Waals surface area (Å²) in [5, 5.41) is 0. The molecule has 1 aromatic rings. The van der Waals surface area contributed by atoms with Crippen LogP contribution < -0.4 is 0 Å². The average Bonchev–Trinajstić information content (AvgIpc) is 2.03.